The number of aromatic nitrogens is 1. The van der Waals surface area contributed by atoms with Crippen molar-refractivity contribution in [1.29, 1.82) is 0 Å². The van der Waals surface area contributed by atoms with Crippen LogP contribution < -0.4 is 4.90 Å². The van der Waals surface area contributed by atoms with E-state index in [1.165, 1.54) is 0 Å². The van der Waals surface area contributed by atoms with Crippen molar-refractivity contribution in [1.82, 2.24) is 9.88 Å². The maximum Gasteiger partial charge on any atom is 0.255 e. The molecule has 1 N–H and O–H groups in total. The first kappa shape index (κ1) is 19.8. The number of hydrogen-bond donors (Lipinski definition) is 1. The molecular formula is C21H31N3O3. The van der Waals surface area contributed by atoms with Crippen molar-refractivity contribution in [3.05, 3.63) is 23.9 Å². The van der Waals surface area contributed by atoms with E-state index in [2.05, 4.69) is 23.7 Å². The van der Waals surface area contributed by atoms with E-state index in [-0.39, 0.29) is 23.7 Å². The first-order valence-electron chi connectivity index (χ1n) is 10.1. The van der Waals surface area contributed by atoms with Gasteiger partial charge in [0.05, 0.1) is 11.7 Å². The number of likely N-dealkylation sites (tertiary alicyclic amines) is 1. The molecule has 2 saturated heterocycles. The van der Waals surface area contributed by atoms with E-state index < -0.39 is 0 Å². The van der Waals surface area contributed by atoms with Gasteiger partial charge in [0.15, 0.2) is 0 Å². The zero-order valence-corrected chi connectivity index (χ0v) is 16.4. The van der Waals surface area contributed by atoms with Crippen LogP contribution in [0.15, 0.2) is 18.3 Å². The quantitative estimate of drug-likeness (QED) is 0.858. The van der Waals surface area contributed by atoms with Gasteiger partial charge in [0.1, 0.15) is 11.6 Å². The van der Waals surface area contributed by atoms with Gasteiger partial charge in [-0.15, -0.1) is 0 Å². The fourth-order valence-electron chi connectivity index (χ4n) is 3.97. The van der Waals surface area contributed by atoms with Crippen LogP contribution in [0.2, 0.25) is 0 Å². The minimum atomic E-state index is -0.215. The summed E-state index contributed by atoms with van der Waals surface area (Å²) in [7, 11) is 0. The topological polar surface area (TPSA) is 73.7 Å². The van der Waals surface area contributed by atoms with Crippen molar-refractivity contribution in [3.63, 3.8) is 0 Å². The molecule has 0 aromatic carbocycles. The Bertz CT molecular complexity index is 651. The summed E-state index contributed by atoms with van der Waals surface area (Å²) in [4.78, 5) is 33.6. The molecule has 3 heterocycles. The van der Waals surface area contributed by atoms with E-state index in [4.69, 9.17) is 0 Å². The number of carbonyl (C=O) groups excluding carboxylic acids is 2. The number of amides is 1. The summed E-state index contributed by atoms with van der Waals surface area (Å²) < 4.78 is 0. The molecule has 2 aliphatic rings. The van der Waals surface area contributed by atoms with E-state index in [1.807, 2.05) is 12.1 Å². The number of rotatable bonds is 5. The number of pyridine rings is 1. The fraction of sp³-hybridized carbons (Fsp3) is 0.667. The zero-order valence-electron chi connectivity index (χ0n) is 16.4. The SMILES string of the molecule is CC(C)CC(=O)[C@H]1CCCN(C(=O)c2ccc(N3CCC(O)CC3)nc2)C1. The van der Waals surface area contributed by atoms with Crippen LogP contribution in [0.4, 0.5) is 5.82 Å². The second kappa shape index (κ2) is 8.83. The van der Waals surface area contributed by atoms with Gasteiger partial charge in [-0.1, -0.05) is 13.8 Å². The molecule has 2 aliphatic heterocycles. The molecule has 1 aromatic heterocycles. The molecule has 2 fully saturated rings. The highest BCUT2D eigenvalue weighted by molar-refractivity contribution is 5.94. The highest BCUT2D eigenvalue weighted by Crippen LogP contribution is 2.23. The molecule has 6 nitrogen and oxygen atoms in total. The number of hydrogen-bond acceptors (Lipinski definition) is 5. The first-order valence-corrected chi connectivity index (χ1v) is 10.1. The molecule has 0 bridgehead atoms. The van der Waals surface area contributed by atoms with Crippen molar-refractivity contribution >= 4 is 17.5 Å². The number of anilines is 1. The third kappa shape index (κ3) is 5.06. The second-order valence-corrected chi connectivity index (χ2v) is 8.28. The largest absolute Gasteiger partial charge is 0.393 e. The molecule has 0 radical (unpaired) electrons. The lowest BCUT2D eigenvalue weighted by Gasteiger charge is -2.33. The normalized spacial score (nSPS) is 21.6. The number of ketones is 1. The van der Waals surface area contributed by atoms with Gasteiger partial charge < -0.3 is 14.9 Å². The highest BCUT2D eigenvalue weighted by Gasteiger charge is 2.29. The van der Waals surface area contributed by atoms with E-state index in [0.29, 0.717) is 31.0 Å². The summed E-state index contributed by atoms with van der Waals surface area (Å²) in [6.07, 6.45) is 5.28. The van der Waals surface area contributed by atoms with Crippen LogP contribution in [0.5, 0.6) is 0 Å². The van der Waals surface area contributed by atoms with Crippen molar-refractivity contribution in [3.8, 4) is 0 Å². The second-order valence-electron chi connectivity index (χ2n) is 8.28. The lowest BCUT2D eigenvalue weighted by atomic mass is 9.89. The Morgan fingerprint density at radius 2 is 1.93 bits per heavy atom. The number of piperidine rings is 2. The molecule has 0 saturated carbocycles. The predicted octanol–water partition coefficient (Wildman–Crippen LogP) is 2.51. The molecule has 1 atom stereocenters. The van der Waals surface area contributed by atoms with Gasteiger partial charge in [-0.2, -0.15) is 0 Å². The number of carbonyl (C=O) groups is 2. The van der Waals surface area contributed by atoms with E-state index in [0.717, 1.165) is 44.6 Å². The summed E-state index contributed by atoms with van der Waals surface area (Å²) in [5.41, 5.74) is 0.577. The zero-order chi connectivity index (χ0) is 19.4. The molecule has 6 heteroatoms. The van der Waals surface area contributed by atoms with Crippen LogP contribution in [0.1, 0.15) is 56.3 Å². The highest BCUT2D eigenvalue weighted by atomic mass is 16.3. The summed E-state index contributed by atoms with van der Waals surface area (Å²) in [5, 5.41) is 9.62. The standard InChI is InChI=1S/C21H31N3O3/c1-15(2)12-19(26)17-4-3-9-24(14-17)21(27)16-5-6-20(22-13-16)23-10-7-18(25)8-11-23/h5-6,13,15,17-18,25H,3-4,7-12,14H2,1-2H3/t17-/m0/s1. The lowest BCUT2D eigenvalue weighted by molar-refractivity contribution is -0.124. The Morgan fingerprint density at radius 1 is 1.19 bits per heavy atom. The molecule has 3 rings (SSSR count). The monoisotopic (exact) mass is 373 g/mol. The Hall–Kier alpha value is -1.95. The van der Waals surface area contributed by atoms with Crippen LogP contribution in [0.25, 0.3) is 0 Å². The van der Waals surface area contributed by atoms with Gasteiger partial charge in [-0.3, -0.25) is 9.59 Å². The molecule has 1 aromatic rings. The average molecular weight is 373 g/mol. The van der Waals surface area contributed by atoms with Crippen molar-refractivity contribution in [2.24, 2.45) is 11.8 Å². The van der Waals surface area contributed by atoms with Gasteiger partial charge in [0, 0.05) is 44.7 Å². The molecule has 0 aliphatic carbocycles. The maximum absolute atomic E-state index is 12.8. The molecular weight excluding hydrogens is 342 g/mol. The fourth-order valence-corrected chi connectivity index (χ4v) is 3.97. The number of nitrogens with zero attached hydrogens (tertiary/aromatic N) is 3. The van der Waals surface area contributed by atoms with Crippen LogP contribution in [0, 0.1) is 11.8 Å². The van der Waals surface area contributed by atoms with Crippen molar-refractivity contribution < 1.29 is 14.7 Å². The van der Waals surface area contributed by atoms with Crippen LogP contribution in [-0.2, 0) is 4.79 Å². The minimum absolute atomic E-state index is 0.0305. The Labute approximate surface area is 161 Å². The van der Waals surface area contributed by atoms with Crippen molar-refractivity contribution in [2.45, 2.75) is 52.1 Å². The van der Waals surface area contributed by atoms with E-state index in [9.17, 15) is 14.7 Å². The summed E-state index contributed by atoms with van der Waals surface area (Å²) >= 11 is 0. The van der Waals surface area contributed by atoms with Gasteiger partial charge in [0.25, 0.3) is 5.91 Å². The first-order chi connectivity index (χ1) is 12.9. The summed E-state index contributed by atoms with van der Waals surface area (Å²) in [5.74, 6) is 1.42. The lowest BCUT2D eigenvalue weighted by Crippen LogP contribution is -2.42. The molecule has 148 valence electrons. The third-order valence-electron chi connectivity index (χ3n) is 5.56. The Balaban J connectivity index is 1.60. The third-order valence-corrected chi connectivity index (χ3v) is 5.56. The number of Topliss-reactive ketones (excluding diaryl/α,β-unsaturated/α-hetero) is 1. The number of aliphatic hydroxyl groups excluding tert-OH is 1. The van der Waals surface area contributed by atoms with Crippen LogP contribution >= 0.6 is 0 Å². The summed E-state index contributed by atoms with van der Waals surface area (Å²) in [6.45, 7) is 6.91. The van der Waals surface area contributed by atoms with Gasteiger partial charge in [0.2, 0.25) is 0 Å². The molecule has 1 amide bonds. The molecule has 27 heavy (non-hydrogen) atoms. The minimum Gasteiger partial charge on any atom is -0.393 e. The van der Waals surface area contributed by atoms with Crippen LogP contribution in [-0.4, -0.2) is 59.0 Å². The average Bonchev–Trinajstić information content (AvgIpc) is 2.68. The molecule has 0 unspecified atom stereocenters. The maximum atomic E-state index is 12.8. The summed E-state index contributed by atoms with van der Waals surface area (Å²) in [6, 6.07) is 3.71. The predicted molar refractivity (Wildman–Crippen MR) is 105 cm³/mol. The Morgan fingerprint density at radius 3 is 2.56 bits per heavy atom. The van der Waals surface area contributed by atoms with Gasteiger partial charge in [-0.05, 0) is 43.7 Å². The van der Waals surface area contributed by atoms with Gasteiger partial charge in [-0.25, -0.2) is 4.98 Å². The van der Waals surface area contributed by atoms with E-state index >= 15 is 0 Å². The van der Waals surface area contributed by atoms with Gasteiger partial charge >= 0.3 is 0 Å². The van der Waals surface area contributed by atoms with Crippen LogP contribution in [0.3, 0.4) is 0 Å². The smallest absolute Gasteiger partial charge is 0.255 e. The van der Waals surface area contributed by atoms with Crippen molar-refractivity contribution in [2.75, 3.05) is 31.1 Å². The molecule has 0 spiro atoms. The number of aliphatic hydroxyl groups is 1. The Kier molecular flexibility index (Phi) is 6.47. The van der Waals surface area contributed by atoms with E-state index in [1.54, 1.807) is 11.1 Å².